The second kappa shape index (κ2) is 2.96. The second-order valence-corrected chi connectivity index (χ2v) is 1.23. The van der Waals surface area contributed by atoms with Crippen molar-refractivity contribution >= 4 is 12.8 Å². The van der Waals surface area contributed by atoms with Crippen LogP contribution in [-0.4, -0.2) is 11.0 Å². The normalized spacial score (nSPS) is 7.67. The molecular formula is C2H6N2OS. The van der Waals surface area contributed by atoms with Gasteiger partial charge in [0.25, 0.3) is 0 Å². The minimum Gasteiger partial charge on any atom is -0.206 e. The fraction of sp³-hybridized carbons (Fsp3) is 1.00. The third-order valence-electron chi connectivity index (χ3n) is 0.377. The van der Waals surface area contributed by atoms with Crippen LogP contribution in [0.3, 0.4) is 0 Å². The summed E-state index contributed by atoms with van der Waals surface area (Å²) in [7, 11) is 0. The lowest BCUT2D eigenvalue weighted by Gasteiger charge is -1.96. The van der Waals surface area contributed by atoms with Gasteiger partial charge in [0.2, 0.25) is 0 Å². The summed E-state index contributed by atoms with van der Waals surface area (Å²) in [4.78, 5) is 9.34. The summed E-state index contributed by atoms with van der Waals surface area (Å²) in [5, 5.41) is 2.45. The zero-order valence-corrected chi connectivity index (χ0v) is 4.35. The third kappa shape index (κ3) is 2.02. The van der Waals surface area contributed by atoms with E-state index in [-0.39, 0.29) is 0 Å². The topological polar surface area (TPSA) is 32.7 Å². The van der Waals surface area contributed by atoms with Crippen LogP contribution in [-0.2, 0) is 0 Å². The van der Waals surface area contributed by atoms with E-state index in [4.69, 9.17) is 0 Å². The van der Waals surface area contributed by atoms with E-state index in [2.05, 4.69) is 18.1 Å². The molecule has 0 rings (SSSR count). The molecule has 0 aliphatic carbocycles. The van der Waals surface area contributed by atoms with Crippen molar-refractivity contribution in [3.05, 3.63) is 4.91 Å². The largest absolute Gasteiger partial charge is 0.206 e. The molecule has 0 N–H and O–H groups in total. The average Bonchev–Trinajstić information content (AvgIpc) is 1.65. The number of nitrogens with zero attached hydrogens (tertiary/aromatic N) is 2. The molecule has 0 aromatic carbocycles. The van der Waals surface area contributed by atoms with Crippen molar-refractivity contribution in [2.45, 2.75) is 6.92 Å². The molecule has 36 valence electrons. The Bertz CT molecular complexity index is 48.8. The van der Waals surface area contributed by atoms with Crippen molar-refractivity contribution in [1.82, 2.24) is 4.41 Å². The predicted octanol–water partition coefficient (Wildman–Crippen LogP) is 0.834. The molecule has 0 aliphatic heterocycles. The van der Waals surface area contributed by atoms with Gasteiger partial charge in [0.05, 0.1) is 5.29 Å². The minimum absolute atomic E-state index is 0.548. The summed E-state index contributed by atoms with van der Waals surface area (Å²) in [6, 6.07) is 0. The molecule has 4 heteroatoms. The van der Waals surface area contributed by atoms with E-state index in [0.717, 1.165) is 4.41 Å². The number of thiol groups is 1. The second-order valence-electron chi connectivity index (χ2n) is 0.770. The lowest BCUT2D eigenvalue weighted by molar-refractivity contribution is 0.533. The smallest absolute Gasteiger partial charge is 0.0632 e. The van der Waals surface area contributed by atoms with Gasteiger partial charge < -0.3 is 0 Å². The Labute approximate surface area is 41.8 Å². The molecule has 0 bridgehead atoms. The van der Waals surface area contributed by atoms with Crippen LogP contribution in [0, 0.1) is 4.91 Å². The first-order valence-electron chi connectivity index (χ1n) is 1.61. The Morgan fingerprint density at radius 3 is 2.50 bits per heavy atom. The van der Waals surface area contributed by atoms with Gasteiger partial charge in [-0.1, -0.05) is 0 Å². The molecule has 6 heavy (non-hydrogen) atoms. The first-order valence-corrected chi connectivity index (χ1v) is 2.01. The van der Waals surface area contributed by atoms with Gasteiger partial charge in [0.1, 0.15) is 0 Å². The Morgan fingerprint density at radius 2 is 2.50 bits per heavy atom. The fourth-order valence-electron chi connectivity index (χ4n) is 0.0577. The van der Waals surface area contributed by atoms with Crippen molar-refractivity contribution in [2.24, 2.45) is 5.29 Å². The van der Waals surface area contributed by atoms with Gasteiger partial charge in [-0.2, -0.15) is 0 Å². The van der Waals surface area contributed by atoms with Crippen LogP contribution in [0.4, 0.5) is 0 Å². The third-order valence-corrected chi connectivity index (χ3v) is 0.733. The molecule has 0 aromatic rings. The molecule has 0 fully saturated rings. The maximum atomic E-state index is 9.34. The maximum Gasteiger partial charge on any atom is 0.0632 e. The van der Waals surface area contributed by atoms with E-state index in [1.54, 1.807) is 6.92 Å². The summed E-state index contributed by atoms with van der Waals surface area (Å²) in [5.41, 5.74) is 0. The summed E-state index contributed by atoms with van der Waals surface area (Å²) in [6.45, 7) is 2.33. The number of hydrogen-bond acceptors (Lipinski definition) is 3. The molecule has 0 unspecified atom stereocenters. The van der Waals surface area contributed by atoms with E-state index in [0.29, 0.717) is 6.54 Å². The molecule has 0 heterocycles. The van der Waals surface area contributed by atoms with Crippen molar-refractivity contribution in [3.8, 4) is 0 Å². The molecule has 0 aliphatic rings. The highest BCUT2D eigenvalue weighted by Crippen LogP contribution is 1.87. The van der Waals surface area contributed by atoms with Crippen LogP contribution in [0.25, 0.3) is 0 Å². The average molecular weight is 106 g/mol. The molecule has 0 saturated heterocycles. The Morgan fingerprint density at radius 1 is 2.00 bits per heavy atom. The highest BCUT2D eigenvalue weighted by Gasteiger charge is 1.82. The van der Waals surface area contributed by atoms with Gasteiger partial charge in [-0.05, 0) is 19.7 Å². The highest BCUT2D eigenvalue weighted by molar-refractivity contribution is 7.77. The summed E-state index contributed by atoms with van der Waals surface area (Å²) in [6.07, 6.45) is 0. The fourth-order valence-corrected chi connectivity index (χ4v) is 0.0577. The number of hydrogen-bond donors (Lipinski definition) is 1. The molecule has 3 nitrogen and oxygen atoms in total. The quantitative estimate of drug-likeness (QED) is 0.321. The van der Waals surface area contributed by atoms with Crippen molar-refractivity contribution in [1.29, 1.82) is 0 Å². The van der Waals surface area contributed by atoms with Gasteiger partial charge in [-0.25, -0.2) is 4.41 Å². The van der Waals surface area contributed by atoms with Crippen molar-refractivity contribution < 1.29 is 0 Å². The predicted molar refractivity (Wildman–Crippen MR) is 27.2 cm³/mol. The van der Waals surface area contributed by atoms with Crippen LogP contribution >= 0.6 is 12.8 Å². The van der Waals surface area contributed by atoms with Gasteiger partial charge in [-0.3, -0.25) is 0 Å². The standard InChI is InChI=1S/C2H6N2OS/c1-2-4(6)3-5/h6H,2H2,1H3. The molecular weight excluding hydrogens is 100 g/mol. The van der Waals surface area contributed by atoms with Gasteiger partial charge in [-0.15, -0.1) is 4.91 Å². The van der Waals surface area contributed by atoms with Crippen LogP contribution in [0.15, 0.2) is 5.29 Å². The lowest BCUT2D eigenvalue weighted by atomic mass is 10.8. The van der Waals surface area contributed by atoms with Crippen LogP contribution in [0.5, 0.6) is 0 Å². The SMILES string of the molecule is CCN(S)N=O. The Balaban J connectivity index is 2.96. The van der Waals surface area contributed by atoms with E-state index in [9.17, 15) is 4.91 Å². The molecule has 0 radical (unpaired) electrons. The van der Waals surface area contributed by atoms with E-state index < -0.39 is 0 Å². The van der Waals surface area contributed by atoms with E-state index in [1.807, 2.05) is 0 Å². The number of nitroso groups, excluding NO2 is 1. The van der Waals surface area contributed by atoms with Gasteiger partial charge >= 0.3 is 0 Å². The van der Waals surface area contributed by atoms with Crippen LogP contribution < -0.4 is 0 Å². The van der Waals surface area contributed by atoms with Crippen LogP contribution in [0.2, 0.25) is 0 Å². The molecule has 0 spiro atoms. The molecule has 0 saturated carbocycles. The van der Waals surface area contributed by atoms with Crippen molar-refractivity contribution in [3.63, 3.8) is 0 Å². The Hall–Kier alpha value is -0.250. The van der Waals surface area contributed by atoms with Crippen molar-refractivity contribution in [2.75, 3.05) is 6.54 Å². The zero-order valence-electron chi connectivity index (χ0n) is 3.46. The van der Waals surface area contributed by atoms with E-state index >= 15 is 0 Å². The minimum atomic E-state index is 0.548. The number of rotatable bonds is 2. The lowest BCUT2D eigenvalue weighted by Crippen LogP contribution is -1.98. The molecule has 0 atom stereocenters. The maximum absolute atomic E-state index is 9.34. The summed E-state index contributed by atoms with van der Waals surface area (Å²) >= 11 is 3.58. The van der Waals surface area contributed by atoms with Gasteiger partial charge in [0.15, 0.2) is 0 Å². The summed E-state index contributed by atoms with van der Waals surface area (Å²) in [5.74, 6) is 0. The molecule has 0 amide bonds. The van der Waals surface area contributed by atoms with E-state index in [1.165, 1.54) is 0 Å². The highest BCUT2D eigenvalue weighted by atomic mass is 32.1. The monoisotopic (exact) mass is 106 g/mol. The molecule has 0 aromatic heterocycles. The Kier molecular flexibility index (Phi) is 2.84. The summed E-state index contributed by atoms with van der Waals surface area (Å²) < 4.78 is 1.01. The first-order chi connectivity index (χ1) is 2.81. The van der Waals surface area contributed by atoms with Crippen LogP contribution in [0.1, 0.15) is 6.92 Å². The first kappa shape index (κ1) is 5.75. The zero-order chi connectivity index (χ0) is 4.99. The van der Waals surface area contributed by atoms with Gasteiger partial charge in [0, 0.05) is 6.54 Å².